The fourth-order valence-electron chi connectivity index (χ4n) is 1.35. The maximum absolute atomic E-state index is 11.8. The topological polar surface area (TPSA) is 54.9 Å². The van der Waals surface area contributed by atoms with E-state index < -0.39 is 0 Å². The van der Waals surface area contributed by atoms with Crippen LogP contribution < -0.4 is 5.32 Å². The molecule has 0 aliphatic carbocycles. The lowest BCUT2D eigenvalue weighted by Gasteiger charge is -2.05. The second-order valence-electron chi connectivity index (χ2n) is 3.42. The molecular weight excluding hydrogens is 238 g/mol. The number of halogens is 1. The quantitative estimate of drug-likeness (QED) is 0.848. The number of amides is 1. The van der Waals surface area contributed by atoms with Gasteiger partial charge in [0.15, 0.2) is 0 Å². The van der Waals surface area contributed by atoms with Crippen LogP contribution in [0.3, 0.4) is 0 Å². The van der Waals surface area contributed by atoms with Crippen LogP contribution in [-0.4, -0.2) is 15.9 Å². The molecule has 5 heteroatoms. The Morgan fingerprint density at radius 2 is 2.06 bits per heavy atom. The van der Waals surface area contributed by atoms with Gasteiger partial charge in [0.2, 0.25) is 0 Å². The van der Waals surface area contributed by atoms with Gasteiger partial charge in [-0.3, -0.25) is 4.79 Å². The second kappa shape index (κ2) is 5.41. The Balaban J connectivity index is 2.13. The van der Waals surface area contributed by atoms with Crippen LogP contribution >= 0.6 is 11.6 Å². The molecule has 4 nitrogen and oxygen atoms in total. The molecule has 0 saturated heterocycles. The van der Waals surface area contributed by atoms with Crippen LogP contribution in [0.5, 0.6) is 0 Å². The largest absolute Gasteiger partial charge is 0.322 e. The summed E-state index contributed by atoms with van der Waals surface area (Å²) >= 11 is 5.72. The third-order valence-corrected chi connectivity index (χ3v) is 2.47. The molecule has 0 aliphatic rings. The molecule has 0 fully saturated rings. The summed E-state index contributed by atoms with van der Waals surface area (Å²) in [6.07, 6.45) is 4.31. The third kappa shape index (κ3) is 3.01. The van der Waals surface area contributed by atoms with Gasteiger partial charge in [-0.2, -0.15) is 0 Å². The summed E-state index contributed by atoms with van der Waals surface area (Å²) in [4.78, 5) is 19.4. The molecule has 2 rings (SSSR count). The van der Waals surface area contributed by atoms with E-state index in [4.69, 9.17) is 11.6 Å². The van der Waals surface area contributed by atoms with Gasteiger partial charge in [-0.1, -0.05) is 12.1 Å². The molecule has 0 bridgehead atoms. The molecule has 0 aliphatic heterocycles. The van der Waals surface area contributed by atoms with Crippen LogP contribution in [0.4, 0.5) is 5.69 Å². The maximum atomic E-state index is 11.8. The van der Waals surface area contributed by atoms with Crippen molar-refractivity contribution in [2.75, 3.05) is 5.32 Å². The Morgan fingerprint density at radius 1 is 1.29 bits per heavy atom. The van der Waals surface area contributed by atoms with E-state index in [0.717, 1.165) is 5.56 Å². The number of benzene rings is 1. The maximum Gasteiger partial charge on any atom is 0.258 e. The predicted molar refractivity (Wildman–Crippen MR) is 66.0 cm³/mol. The Labute approximate surface area is 104 Å². The van der Waals surface area contributed by atoms with Gasteiger partial charge in [0.25, 0.3) is 5.91 Å². The minimum atomic E-state index is -0.239. The molecule has 0 radical (unpaired) electrons. The van der Waals surface area contributed by atoms with E-state index in [1.165, 1.54) is 18.7 Å². The van der Waals surface area contributed by atoms with Gasteiger partial charge < -0.3 is 5.32 Å². The highest BCUT2D eigenvalue weighted by Gasteiger charge is 2.06. The van der Waals surface area contributed by atoms with Gasteiger partial charge in [0.05, 0.1) is 5.56 Å². The predicted octanol–water partition coefficient (Wildman–Crippen LogP) is 2.47. The van der Waals surface area contributed by atoms with E-state index in [1.54, 1.807) is 6.07 Å². The minimum absolute atomic E-state index is 0.239. The zero-order valence-corrected chi connectivity index (χ0v) is 9.69. The molecule has 1 aromatic carbocycles. The number of anilines is 1. The number of carbonyl (C=O) groups is 1. The fourth-order valence-corrected chi connectivity index (χ4v) is 1.52. The molecule has 86 valence electrons. The average molecular weight is 248 g/mol. The number of nitrogens with one attached hydrogen (secondary N) is 1. The van der Waals surface area contributed by atoms with Crippen molar-refractivity contribution < 1.29 is 4.79 Å². The minimum Gasteiger partial charge on any atom is -0.322 e. The van der Waals surface area contributed by atoms with Gasteiger partial charge >= 0.3 is 0 Å². The highest BCUT2D eigenvalue weighted by Crippen LogP contribution is 2.13. The Bertz CT molecular complexity index is 516. The molecule has 1 amide bonds. The SMILES string of the molecule is O=C(Nc1cccc(CCl)c1)c1cncnc1. The number of aromatic nitrogens is 2. The van der Waals surface area contributed by atoms with E-state index in [-0.39, 0.29) is 5.91 Å². The molecule has 2 aromatic rings. The summed E-state index contributed by atoms with van der Waals surface area (Å²) in [5.74, 6) is 0.176. The van der Waals surface area contributed by atoms with E-state index in [1.807, 2.05) is 18.2 Å². The van der Waals surface area contributed by atoms with Crippen molar-refractivity contribution >= 4 is 23.2 Å². The third-order valence-electron chi connectivity index (χ3n) is 2.16. The molecule has 17 heavy (non-hydrogen) atoms. The van der Waals surface area contributed by atoms with Gasteiger partial charge in [0, 0.05) is 24.0 Å². The second-order valence-corrected chi connectivity index (χ2v) is 3.68. The number of hydrogen-bond donors (Lipinski definition) is 1. The first-order valence-electron chi connectivity index (χ1n) is 5.01. The molecule has 0 saturated carbocycles. The summed E-state index contributed by atoms with van der Waals surface area (Å²) < 4.78 is 0. The first kappa shape index (κ1) is 11.5. The number of alkyl halides is 1. The van der Waals surface area contributed by atoms with Crippen molar-refractivity contribution in [2.45, 2.75) is 5.88 Å². The highest BCUT2D eigenvalue weighted by molar-refractivity contribution is 6.17. The smallest absolute Gasteiger partial charge is 0.258 e. The van der Waals surface area contributed by atoms with Gasteiger partial charge in [-0.05, 0) is 17.7 Å². The van der Waals surface area contributed by atoms with Crippen LogP contribution in [0, 0.1) is 0 Å². The first-order valence-corrected chi connectivity index (χ1v) is 5.54. The van der Waals surface area contributed by atoms with Gasteiger partial charge in [-0.15, -0.1) is 11.6 Å². The normalized spacial score (nSPS) is 9.94. The van der Waals surface area contributed by atoms with Crippen molar-refractivity contribution in [2.24, 2.45) is 0 Å². The van der Waals surface area contributed by atoms with Crippen LogP contribution in [0.1, 0.15) is 15.9 Å². The lowest BCUT2D eigenvalue weighted by atomic mass is 10.2. The highest BCUT2D eigenvalue weighted by atomic mass is 35.5. The molecule has 0 spiro atoms. The Hall–Kier alpha value is -1.94. The summed E-state index contributed by atoms with van der Waals surface area (Å²) in [6.45, 7) is 0. The van der Waals surface area contributed by atoms with Crippen LogP contribution in [0.25, 0.3) is 0 Å². The van der Waals surface area contributed by atoms with Crippen LogP contribution in [0.2, 0.25) is 0 Å². The molecule has 1 aromatic heterocycles. The summed E-state index contributed by atoms with van der Waals surface area (Å²) in [7, 11) is 0. The number of hydrogen-bond acceptors (Lipinski definition) is 3. The van der Waals surface area contributed by atoms with E-state index in [0.29, 0.717) is 17.1 Å². The number of carbonyl (C=O) groups excluding carboxylic acids is 1. The van der Waals surface area contributed by atoms with Crippen molar-refractivity contribution in [3.63, 3.8) is 0 Å². The van der Waals surface area contributed by atoms with Crippen molar-refractivity contribution in [3.05, 3.63) is 54.1 Å². The van der Waals surface area contributed by atoms with Crippen molar-refractivity contribution in [3.8, 4) is 0 Å². The summed E-state index contributed by atoms with van der Waals surface area (Å²) in [6, 6.07) is 7.37. The van der Waals surface area contributed by atoms with Gasteiger partial charge in [-0.25, -0.2) is 9.97 Å². The van der Waals surface area contributed by atoms with Crippen molar-refractivity contribution in [1.29, 1.82) is 0 Å². The summed E-state index contributed by atoms with van der Waals surface area (Å²) in [5, 5.41) is 2.76. The number of nitrogens with zero attached hydrogens (tertiary/aromatic N) is 2. The Kier molecular flexibility index (Phi) is 3.67. The monoisotopic (exact) mass is 247 g/mol. The van der Waals surface area contributed by atoms with Gasteiger partial charge in [0.1, 0.15) is 6.33 Å². The van der Waals surface area contributed by atoms with Crippen LogP contribution in [-0.2, 0) is 5.88 Å². The van der Waals surface area contributed by atoms with E-state index in [2.05, 4.69) is 15.3 Å². The van der Waals surface area contributed by atoms with E-state index >= 15 is 0 Å². The van der Waals surface area contributed by atoms with E-state index in [9.17, 15) is 4.79 Å². The molecular formula is C12H10ClN3O. The zero-order chi connectivity index (χ0) is 12.1. The zero-order valence-electron chi connectivity index (χ0n) is 8.93. The first-order chi connectivity index (χ1) is 8.29. The molecule has 0 unspecified atom stereocenters. The number of rotatable bonds is 3. The fraction of sp³-hybridized carbons (Fsp3) is 0.0833. The van der Waals surface area contributed by atoms with Crippen LogP contribution in [0.15, 0.2) is 43.0 Å². The lowest BCUT2D eigenvalue weighted by Crippen LogP contribution is -2.12. The molecule has 1 N–H and O–H groups in total. The molecule has 1 heterocycles. The van der Waals surface area contributed by atoms with Crippen molar-refractivity contribution in [1.82, 2.24) is 9.97 Å². The standard InChI is InChI=1S/C12H10ClN3O/c13-5-9-2-1-3-11(4-9)16-12(17)10-6-14-8-15-7-10/h1-4,6-8H,5H2,(H,16,17). The average Bonchev–Trinajstić information content (AvgIpc) is 2.40. The molecule has 0 atom stereocenters. The lowest BCUT2D eigenvalue weighted by molar-refractivity contribution is 0.102. The summed E-state index contributed by atoms with van der Waals surface area (Å²) in [5.41, 5.74) is 2.08. The Morgan fingerprint density at radius 3 is 2.76 bits per heavy atom.